The lowest BCUT2D eigenvalue weighted by Crippen LogP contribution is -2.24. The number of nitrogens with zero attached hydrogens (tertiary/aromatic N) is 2. The Labute approximate surface area is 232 Å². The molecule has 2 aromatic heterocycles. The number of aliphatic hydroxyl groups excluding tert-OH is 2. The zero-order valence-electron chi connectivity index (χ0n) is 19.9. The number of carbonyl (C=O) groups is 1. The van der Waals surface area contributed by atoms with E-state index < -0.39 is 34.2 Å². The number of nitrogens with two attached hydrogens (primary N) is 1. The van der Waals surface area contributed by atoms with E-state index in [-0.39, 0.29) is 39.7 Å². The number of aliphatic hydroxyl groups is 2. The quantitative estimate of drug-likeness (QED) is 0.252. The summed E-state index contributed by atoms with van der Waals surface area (Å²) in [6.07, 6.45) is 1.23. The van der Waals surface area contributed by atoms with Gasteiger partial charge >= 0.3 is 10.3 Å². The van der Waals surface area contributed by atoms with Crippen LogP contribution in [0.1, 0.15) is 45.3 Å². The van der Waals surface area contributed by atoms with E-state index in [1.54, 1.807) is 18.2 Å². The Balaban J connectivity index is 1.54. The highest BCUT2D eigenvalue weighted by atomic mass is 35.5. The number of nitrogens with one attached hydrogen (secondary N) is 1. The number of carbonyl (C=O) groups excluding carboxylic acids is 1. The first kappa shape index (κ1) is 28.6. The Morgan fingerprint density at radius 3 is 2.76 bits per heavy atom. The van der Waals surface area contributed by atoms with Crippen LogP contribution in [-0.4, -0.2) is 60.2 Å². The smallest absolute Gasteiger partial charge is 0.333 e. The van der Waals surface area contributed by atoms with E-state index in [2.05, 4.69) is 19.5 Å². The van der Waals surface area contributed by atoms with E-state index in [1.807, 2.05) is 0 Å². The molecule has 1 aromatic carbocycles. The first-order chi connectivity index (χ1) is 18.0. The molecule has 4 atom stereocenters. The van der Waals surface area contributed by atoms with Crippen molar-refractivity contribution in [2.45, 2.75) is 31.1 Å². The Kier molecular flexibility index (Phi) is 8.89. The predicted molar refractivity (Wildman–Crippen MR) is 142 cm³/mol. The number of benzene rings is 1. The number of rotatable bonds is 10. The fourth-order valence-electron chi connectivity index (χ4n) is 4.29. The molecule has 11 nitrogen and oxygen atoms in total. The fourth-order valence-corrected chi connectivity index (χ4v) is 6.11. The van der Waals surface area contributed by atoms with Crippen LogP contribution >= 0.6 is 34.5 Å². The highest BCUT2D eigenvalue weighted by Gasteiger charge is 2.35. The van der Waals surface area contributed by atoms with Gasteiger partial charge in [0, 0.05) is 34.3 Å². The second-order valence-electron chi connectivity index (χ2n) is 8.66. The summed E-state index contributed by atoms with van der Waals surface area (Å²) in [5.41, 5.74) is 0.860. The van der Waals surface area contributed by atoms with Gasteiger partial charge in [0.2, 0.25) is 5.78 Å². The van der Waals surface area contributed by atoms with Crippen LogP contribution in [0.3, 0.4) is 0 Å². The molecule has 0 radical (unpaired) electrons. The number of aromatic nitrogens is 2. The number of methoxy groups -OCH3 is 1. The molecule has 15 heteroatoms. The second-order valence-corrected chi connectivity index (χ2v) is 12.0. The molecule has 2 unspecified atom stereocenters. The van der Waals surface area contributed by atoms with Crippen molar-refractivity contribution in [2.24, 2.45) is 11.1 Å². The van der Waals surface area contributed by atoms with E-state index >= 15 is 0 Å². The minimum atomic E-state index is -4.13. The van der Waals surface area contributed by atoms with Crippen LogP contribution in [0.15, 0.2) is 36.8 Å². The number of ether oxygens (including phenoxy) is 1. The van der Waals surface area contributed by atoms with Crippen LogP contribution < -0.4 is 15.2 Å². The largest absolute Gasteiger partial charge is 0.496 e. The molecular formula is C23H24Cl2N4O7S2. The summed E-state index contributed by atoms with van der Waals surface area (Å²) >= 11 is 13.5. The molecule has 0 bridgehead atoms. The Morgan fingerprint density at radius 1 is 1.29 bits per heavy atom. The average Bonchev–Trinajstić information content (AvgIpc) is 3.43. The summed E-state index contributed by atoms with van der Waals surface area (Å²) in [7, 11) is -2.66. The molecule has 5 N–H and O–H groups in total. The maximum absolute atomic E-state index is 13.4. The molecule has 0 amide bonds. The molecule has 3 aromatic rings. The summed E-state index contributed by atoms with van der Waals surface area (Å²) in [5, 5.41) is 29.7. The van der Waals surface area contributed by atoms with Crippen molar-refractivity contribution in [2.75, 3.05) is 19.0 Å². The monoisotopic (exact) mass is 602 g/mol. The lowest BCUT2D eigenvalue weighted by Gasteiger charge is -2.15. The van der Waals surface area contributed by atoms with Gasteiger partial charge in [-0.3, -0.25) is 8.98 Å². The molecule has 2 heterocycles. The third kappa shape index (κ3) is 6.61. The SMILES string of the molecule is COc1ccc(Cl)cc1C(O)c1cc(C(=O)c2cncnc2NC2C[C@H](COS(N)(=O)=O)[C@@H](O)C2)sc1Cl. The fraction of sp³-hybridized carbons (Fsp3) is 0.348. The topological polar surface area (TPSA) is 174 Å². The molecule has 1 aliphatic rings. The average molecular weight is 604 g/mol. The number of hydrogen-bond donors (Lipinski definition) is 4. The van der Waals surface area contributed by atoms with Crippen LogP contribution in [0.4, 0.5) is 5.82 Å². The summed E-state index contributed by atoms with van der Waals surface area (Å²) in [4.78, 5) is 21.8. The van der Waals surface area contributed by atoms with E-state index in [9.17, 15) is 23.4 Å². The lowest BCUT2D eigenvalue weighted by molar-refractivity contribution is 0.101. The van der Waals surface area contributed by atoms with Gasteiger partial charge in [0.05, 0.1) is 34.6 Å². The standard InChI is InChI=1S/C23H24Cl2N4O7S2/c1-35-18-3-2-12(24)5-14(18)20(31)15-7-19(37-22(15)25)21(32)16-8-27-10-28-23(16)29-13-4-11(17(30)6-13)9-36-38(26,33)34/h2-3,5,7-8,10-11,13,17,20,30-31H,4,6,9H2,1H3,(H2,26,33,34)(H,27,28,29)/t11-,13?,17+,20?/m1/s1. The predicted octanol–water partition coefficient (Wildman–Crippen LogP) is 2.94. The first-order valence-corrected chi connectivity index (χ1v) is 14.3. The summed E-state index contributed by atoms with van der Waals surface area (Å²) < 4.78 is 32.3. The van der Waals surface area contributed by atoms with E-state index in [4.69, 9.17) is 33.1 Å². The van der Waals surface area contributed by atoms with Crippen LogP contribution in [0.5, 0.6) is 5.75 Å². The third-order valence-corrected chi connectivity index (χ3v) is 8.21. The van der Waals surface area contributed by atoms with Gasteiger partial charge in [-0.25, -0.2) is 15.1 Å². The van der Waals surface area contributed by atoms with E-state index in [1.165, 1.54) is 25.7 Å². The van der Waals surface area contributed by atoms with Gasteiger partial charge < -0.3 is 20.3 Å². The maximum atomic E-state index is 13.4. The first-order valence-electron chi connectivity index (χ1n) is 11.2. The molecule has 4 rings (SSSR count). The molecule has 0 aliphatic heterocycles. The second kappa shape index (κ2) is 11.8. The van der Waals surface area contributed by atoms with Crippen LogP contribution in [0, 0.1) is 5.92 Å². The number of halogens is 2. The zero-order valence-corrected chi connectivity index (χ0v) is 23.0. The van der Waals surface area contributed by atoms with Crippen molar-refractivity contribution >= 4 is 56.4 Å². The van der Waals surface area contributed by atoms with E-state index in [0.717, 1.165) is 11.3 Å². The molecular weight excluding hydrogens is 579 g/mol. The maximum Gasteiger partial charge on any atom is 0.333 e. The molecule has 204 valence electrons. The van der Waals surface area contributed by atoms with Crippen molar-refractivity contribution in [3.63, 3.8) is 0 Å². The van der Waals surface area contributed by atoms with Crippen molar-refractivity contribution in [3.05, 3.63) is 67.7 Å². The number of thiophene rings is 1. The van der Waals surface area contributed by atoms with Crippen LogP contribution in [0.25, 0.3) is 0 Å². The van der Waals surface area contributed by atoms with Gasteiger partial charge in [-0.05, 0) is 37.1 Å². The van der Waals surface area contributed by atoms with Crippen LogP contribution in [-0.2, 0) is 14.5 Å². The highest BCUT2D eigenvalue weighted by Crippen LogP contribution is 2.40. The Bertz CT molecular complexity index is 1440. The van der Waals surface area contributed by atoms with Gasteiger partial charge in [0.15, 0.2) is 0 Å². The van der Waals surface area contributed by atoms with Crippen molar-refractivity contribution in [1.82, 2.24) is 9.97 Å². The van der Waals surface area contributed by atoms with Gasteiger partial charge in [0.25, 0.3) is 0 Å². The summed E-state index contributed by atoms with van der Waals surface area (Å²) in [6.45, 7) is -0.260. The van der Waals surface area contributed by atoms with Crippen molar-refractivity contribution in [3.8, 4) is 5.75 Å². The lowest BCUT2D eigenvalue weighted by atomic mass is 10.0. The van der Waals surface area contributed by atoms with E-state index in [0.29, 0.717) is 28.3 Å². The summed E-state index contributed by atoms with van der Waals surface area (Å²) in [5.74, 6) is -0.260. The van der Waals surface area contributed by atoms with Crippen molar-refractivity contribution in [1.29, 1.82) is 0 Å². The highest BCUT2D eigenvalue weighted by molar-refractivity contribution is 7.84. The van der Waals surface area contributed by atoms with Crippen LogP contribution in [0.2, 0.25) is 9.36 Å². The minimum absolute atomic E-state index is 0.158. The molecule has 1 fully saturated rings. The van der Waals surface area contributed by atoms with Gasteiger partial charge in [-0.15, -0.1) is 11.3 Å². The molecule has 1 saturated carbocycles. The number of anilines is 1. The normalized spacial score (nSPS) is 20.3. The third-order valence-electron chi connectivity index (χ3n) is 6.12. The van der Waals surface area contributed by atoms with Crippen molar-refractivity contribution < 1.29 is 32.3 Å². The molecule has 0 saturated heterocycles. The molecule has 0 spiro atoms. The zero-order chi connectivity index (χ0) is 27.6. The summed E-state index contributed by atoms with van der Waals surface area (Å²) in [6, 6.07) is 5.99. The number of hydrogen-bond acceptors (Lipinski definition) is 11. The van der Waals surface area contributed by atoms with Gasteiger partial charge in [-0.2, -0.15) is 8.42 Å². The van der Waals surface area contributed by atoms with Gasteiger partial charge in [0.1, 0.15) is 24.0 Å². The van der Waals surface area contributed by atoms with Gasteiger partial charge in [-0.1, -0.05) is 23.2 Å². The minimum Gasteiger partial charge on any atom is -0.496 e. The number of ketones is 1. The Hall–Kier alpha value is -2.36. The molecule has 38 heavy (non-hydrogen) atoms. The Morgan fingerprint density at radius 2 is 2.05 bits per heavy atom. The molecule has 1 aliphatic carbocycles.